The molecule has 4 amide bonds. The molecule has 0 bridgehead atoms. The number of piperidine rings is 1. The van der Waals surface area contributed by atoms with Crippen LogP contribution in [0.4, 0.5) is 5.69 Å². The van der Waals surface area contributed by atoms with E-state index in [0.29, 0.717) is 45.3 Å². The first-order valence-corrected chi connectivity index (χ1v) is 17.4. The van der Waals surface area contributed by atoms with E-state index in [1.165, 1.54) is 5.57 Å². The topological polar surface area (TPSA) is 144 Å². The number of rotatable bonds is 16. The van der Waals surface area contributed by atoms with Crippen LogP contribution in [-0.2, 0) is 19.1 Å². The highest BCUT2D eigenvalue weighted by Crippen LogP contribution is 2.36. The normalized spacial score (nSPS) is 16.0. The molecule has 0 spiro atoms. The first-order valence-electron chi connectivity index (χ1n) is 17.4. The number of hydrogen-bond donors (Lipinski definition) is 3. The van der Waals surface area contributed by atoms with Crippen molar-refractivity contribution in [3.63, 3.8) is 0 Å². The molecular weight excluding hydrogens is 662 g/mol. The number of amides is 4. The van der Waals surface area contributed by atoms with E-state index in [0.717, 1.165) is 39.3 Å². The number of phenols is 1. The van der Waals surface area contributed by atoms with Gasteiger partial charge in [0.15, 0.2) is 0 Å². The van der Waals surface area contributed by atoms with Crippen molar-refractivity contribution >= 4 is 40.5 Å². The van der Waals surface area contributed by atoms with Gasteiger partial charge in [-0.05, 0) is 83.1 Å². The van der Waals surface area contributed by atoms with Crippen LogP contribution in [0.25, 0.3) is 11.1 Å². The number of anilines is 1. The SMILES string of the molecule is CCC(=C(c1ccc(O)cc1)c1ccc(OCCOCCOCCNc2ccc3c(c2)C(=O)N(C2CCC(=O)NC2=O)C3=O)cc1)c1ccccc1. The molecule has 4 aromatic carbocycles. The quantitative estimate of drug-likeness (QED) is 0.0763. The Labute approximate surface area is 302 Å². The highest BCUT2D eigenvalue weighted by Gasteiger charge is 2.44. The molecule has 1 fully saturated rings. The Kier molecular flexibility index (Phi) is 11.7. The maximum absolute atomic E-state index is 13.0. The fourth-order valence-electron chi connectivity index (χ4n) is 6.41. The lowest BCUT2D eigenvalue weighted by atomic mass is 9.88. The summed E-state index contributed by atoms with van der Waals surface area (Å²) in [4.78, 5) is 50.6. The average molecular weight is 704 g/mol. The zero-order valence-corrected chi connectivity index (χ0v) is 28.9. The third kappa shape index (κ3) is 8.39. The second kappa shape index (κ2) is 17.0. The van der Waals surface area contributed by atoms with Gasteiger partial charge in [-0.25, -0.2) is 0 Å². The molecular formula is C41H41N3O8. The van der Waals surface area contributed by atoms with E-state index in [-0.39, 0.29) is 29.7 Å². The van der Waals surface area contributed by atoms with E-state index in [9.17, 15) is 24.3 Å². The van der Waals surface area contributed by atoms with Crippen LogP contribution in [0, 0.1) is 0 Å². The Morgan fingerprint density at radius 1 is 0.769 bits per heavy atom. The van der Waals surface area contributed by atoms with Gasteiger partial charge in [-0.15, -0.1) is 0 Å². The Balaban J connectivity index is 0.910. The van der Waals surface area contributed by atoms with Gasteiger partial charge in [-0.2, -0.15) is 0 Å². The molecule has 1 atom stereocenters. The van der Waals surface area contributed by atoms with Crippen LogP contribution < -0.4 is 15.4 Å². The van der Waals surface area contributed by atoms with Crippen molar-refractivity contribution in [2.24, 2.45) is 0 Å². The second-order valence-corrected chi connectivity index (χ2v) is 12.4. The first-order chi connectivity index (χ1) is 25.3. The highest BCUT2D eigenvalue weighted by atomic mass is 16.5. The van der Waals surface area contributed by atoms with Gasteiger partial charge in [0.1, 0.15) is 24.1 Å². The van der Waals surface area contributed by atoms with Crippen LogP contribution in [0.1, 0.15) is 63.6 Å². The smallest absolute Gasteiger partial charge is 0.262 e. The Hall–Kier alpha value is -5.78. The van der Waals surface area contributed by atoms with Crippen molar-refractivity contribution < 1.29 is 38.5 Å². The molecule has 2 aliphatic heterocycles. The highest BCUT2D eigenvalue weighted by molar-refractivity contribution is 6.23. The zero-order chi connectivity index (χ0) is 36.5. The molecule has 11 heteroatoms. The molecule has 0 aromatic heterocycles. The largest absolute Gasteiger partial charge is 0.508 e. The fourth-order valence-corrected chi connectivity index (χ4v) is 6.41. The number of nitrogens with zero attached hydrogens (tertiary/aromatic N) is 1. The maximum Gasteiger partial charge on any atom is 0.262 e. The van der Waals surface area contributed by atoms with Gasteiger partial charge in [0.2, 0.25) is 11.8 Å². The number of aromatic hydroxyl groups is 1. The minimum absolute atomic E-state index is 0.0727. The number of imide groups is 2. The lowest BCUT2D eigenvalue weighted by molar-refractivity contribution is -0.136. The second-order valence-electron chi connectivity index (χ2n) is 12.4. The molecule has 4 aromatic rings. The van der Waals surface area contributed by atoms with E-state index in [1.54, 1.807) is 30.3 Å². The van der Waals surface area contributed by atoms with Crippen molar-refractivity contribution in [2.75, 3.05) is 44.9 Å². The van der Waals surface area contributed by atoms with Crippen molar-refractivity contribution in [3.8, 4) is 11.5 Å². The molecule has 1 saturated heterocycles. The summed E-state index contributed by atoms with van der Waals surface area (Å²) >= 11 is 0. The minimum atomic E-state index is -0.996. The molecule has 6 rings (SSSR count). The van der Waals surface area contributed by atoms with Crippen LogP contribution >= 0.6 is 0 Å². The van der Waals surface area contributed by atoms with Gasteiger partial charge < -0.3 is 24.6 Å². The van der Waals surface area contributed by atoms with E-state index in [2.05, 4.69) is 41.8 Å². The van der Waals surface area contributed by atoms with Crippen LogP contribution in [0.15, 0.2) is 97.1 Å². The monoisotopic (exact) mass is 703 g/mol. The van der Waals surface area contributed by atoms with Crippen molar-refractivity contribution in [3.05, 3.63) is 125 Å². The van der Waals surface area contributed by atoms with Gasteiger partial charge in [-0.1, -0.05) is 61.5 Å². The zero-order valence-electron chi connectivity index (χ0n) is 28.9. The number of fused-ring (bicyclic) bond motifs is 1. The molecule has 52 heavy (non-hydrogen) atoms. The predicted molar refractivity (Wildman–Crippen MR) is 196 cm³/mol. The number of allylic oxidation sites excluding steroid dienone is 1. The Morgan fingerprint density at radius 3 is 2.12 bits per heavy atom. The molecule has 268 valence electrons. The van der Waals surface area contributed by atoms with Gasteiger partial charge in [-0.3, -0.25) is 29.4 Å². The summed E-state index contributed by atoms with van der Waals surface area (Å²) in [7, 11) is 0. The molecule has 3 N–H and O–H groups in total. The van der Waals surface area contributed by atoms with Gasteiger partial charge in [0.05, 0.1) is 37.6 Å². The van der Waals surface area contributed by atoms with E-state index in [1.807, 2.05) is 42.5 Å². The summed E-state index contributed by atoms with van der Waals surface area (Å²) < 4.78 is 17.2. The lowest BCUT2D eigenvalue weighted by Gasteiger charge is -2.27. The first kappa shape index (κ1) is 36.0. The summed E-state index contributed by atoms with van der Waals surface area (Å²) in [5.74, 6) is -1.17. The van der Waals surface area contributed by atoms with Gasteiger partial charge in [0, 0.05) is 18.7 Å². The summed E-state index contributed by atoms with van der Waals surface area (Å²) in [5.41, 5.74) is 6.65. The standard InChI is InChI=1S/C41H41N3O8/c1-2-33(27-6-4-3-5-7-27)38(28-8-13-31(45)14-9-28)29-10-15-32(16-11-29)52-25-24-51-23-22-50-21-20-42-30-12-17-34-35(26-30)41(49)44(40(34)48)36-18-19-37(46)43-39(36)47/h3-17,26,36,42,45H,2,18-25H2,1H3,(H,43,46,47). The van der Waals surface area contributed by atoms with Gasteiger partial charge >= 0.3 is 0 Å². The van der Waals surface area contributed by atoms with Crippen LogP contribution in [0.5, 0.6) is 11.5 Å². The summed E-state index contributed by atoms with van der Waals surface area (Å²) in [6.07, 6.45) is 1.02. The lowest BCUT2D eigenvalue weighted by Crippen LogP contribution is -2.54. The summed E-state index contributed by atoms with van der Waals surface area (Å²) in [6, 6.07) is 29.5. The van der Waals surface area contributed by atoms with Crippen molar-refractivity contribution in [2.45, 2.75) is 32.2 Å². The number of benzene rings is 4. The number of carbonyl (C=O) groups is 4. The van der Waals surface area contributed by atoms with Crippen LogP contribution in [0.2, 0.25) is 0 Å². The summed E-state index contributed by atoms with van der Waals surface area (Å²) in [5, 5.41) is 15.3. The predicted octanol–water partition coefficient (Wildman–Crippen LogP) is 5.69. The maximum atomic E-state index is 13.0. The Bertz CT molecular complexity index is 1940. The van der Waals surface area contributed by atoms with Crippen molar-refractivity contribution in [1.82, 2.24) is 10.2 Å². The Morgan fingerprint density at radius 2 is 1.42 bits per heavy atom. The molecule has 2 heterocycles. The number of ether oxygens (including phenoxy) is 3. The van der Waals surface area contributed by atoms with Crippen molar-refractivity contribution in [1.29, 1.82) is 0 Å². The molecule has 1 unspecified atom stereocenters. The van der Waals surface area contributed by atoms with Crippen LogP contribution in [-0.4, -0.2) is 79.3 Å². The van der Waals surface area contributed by atoms with Gasteiger partial charge in [0.25, 0.3) is 11.8 Å². The third-order valence-corrected chi connectivity index (χ3v) is 8.96. The summed E-state index contributed by atoms with van der Waals surface area (Å²) in [6.45, 7) is 4.57. The average Bonchev–Trinajstić information content (AvgIpc) is 3.40. The molecule has 0 radical (unpaired) electrons. The number of nitrogens with one attached hydrogen (secondary N) is 2. The molecule has 0 saturated carbocycles. The third-order valence-electron chi connectivity index (χ3n) is 8.96. The van der Waals surface area contributed by atoms with E-state index < -0.39 is 29.7 Å². The van der Waals surface area contributed by atoms with Crippen LogP contribution in [0.3, 0.4) is 0 Å². The minimum Gasteiger partial charge on any atom is -0.508 e. The molecule has 2 aliphatic rings. The van der Waals surface area contributed by atoms with E-state index >= 15 is 0 Å². The molecule has 0 aliphatic carbocycles. The number of hydrogen-bond acceptors (Lipinski definition) is 9. The number of phenolic OH excluding ortho intramolecular Hbond substituents is 1. The fraction of sp³-hybridized carbons (Fsp3) is 0.268. The number of carbonyl (C=O) groups excluding carboxylic acids is 4. The van der Waals surface area contributed by atoms with E-state index in [4.69, 9.17) is 14.2 Å². The molecule has 11 nitrogen and oxygen atoms in total.